The fourth-order valence-corrected chi connectivity index (χ4v) is 1.59. The number of nitrogens with zero attached hydrogens (tertiary/aromatic N) is 5. The van der Waals surface area contributed by atoms with Gasteiger partial charge in [0.1, 0.15) is 0 Å². The van der Waals surface area contributed by atoms with E-state index in [2.05, 4.69) is 31.6 Å². The number of rotatable bonds is 1. The van der Waals surface area contributed by atoms with Crippen LogP contribution in [0.3, 0.4) is 0 Å². The van der Waals surface area contributed by atoms with Crippen molar-refractivity contribution in [3.05, 3.63) is 27.8 Å². The van der Waals surface area contributed by atoms with Gasteiger partial charge in [0.15, 0.2) is 0 Å². The van der Waals surface area contributed by atoms with Crippen LogP contribution in [0.25, 0.3) is 11.0 Å². The minimum absolute atomic E-state index is 0.153. The van der Waals surface area contributed by atoms with Gasteiger partial charge in [-0.2, -0.15) is 0 Å². The number of nitro groups is 1. The van der Waals surface area contributed by atoms with E-state index >= 15 is 0 Å². The Morgan fingerprint density at radius 1 is 1.60 bits per heavy atom. The molecule has 0 unspecified atom stereocenters. The molecule has 0 spiro atoms. The van der Waals surface area contributed by atoms with Gasteiger partial charge in [0, 0.05) is 0 Å². The number of aromatic nitrogens is 3. The molecule has 0 aliphatic rings. The summed E-state index contributed by atoms with van der Waals surface area (Å²) >= 11 is 3.06. The van der Waals surface area contributed by atoms with Gasteiger partial charge in [-0.15, -0.1) is 0 Å². The van der Waals surface area contributed by atoms with Gasteiger partial charge < -0.3 is 0 Å². The summed E-state index contributed by atoms with van der Waals surface area (Å²) in [5.41, 5.74) is 0.700. The Morgan fingerprint density at radius 2 is 2.33 bits per heavy atom. The van der Waals surface area contributed by atoms with Crippen LogP contribution in [0.15, 0.2) is 12.1 Å². The summed E-state index contributed by atoms with van der Waals surface area (Å²) in [4.78, 5) is 9.97. The van der Waals surface area contributed by atoms with Crippen LogP contribution in [0.1, 0.15) is 5.56 Å². The molecule has 0 aliphatic heterocycles. The quantitative estimate of drug-likeness (QED) is 0.434. The van der Waals surface area contributed by atoms with Crippen molar-refractivity contribution in [2.75, 3.05) is 0 Å². The second kappa shape index (κ2) is 3.43. The normalized spacial score (nSPS) is 10.2. The SMILES string of the molecule is N#Cc1cc([N+](=O)[O-])cc2nn[n]([Ag])c12. The second-order valence-corrected chi connectivity index (χ2v) is 3.28. The van der Waals surface area contributed by atoms with E-state index in [-0.39, 0.29) is 11.3 Å². The fraction of sp³-hybridized carbons (Fsp3) is 0. The van der Waals surface area contributed by atoms with E-state index in [0.29, 0.717) is 11.0 Å². The number of hydrogen-bond acceptors (Lipinski definition) is 5. The van der Waals surface area contributed by atoms with Gasteiger partial charge in [0.25, 0.3) is 0 Å². The first-order valence-corrected chi connectivity index (χ1v) is 4.36. The average molecular weight is 296 g/mol. The summed E-state index contributed by atoms with van der Waals surface area (Å²) in [6.07, 6.45) is 0. The van der Waals surface area contributed by atoms with Crippen LogP contribution in [-0.4, -0.2) is 18.3 Å². The standard InChI is InChI=1S/C7H2N5O2.Ag/c8-3-4-1-5(12(13)14)2-6-7(4)10-11-9-6;/h1-2H;/q-1;+1. The molecule has 0 aliphatic carbocycles. The molecule has 1 aromatic carbocycles. The number of non-ortho nitro benzene ring substituents is 1. The topological polar surface area (TPSA) is 97.6 Å². The predicted molar refractivity (Wildman–Crippen MR) is 44.3 cm³/mol. The molecule has 2 aromatic rings. The van der Waals surface area contributed by atoms with Crippen LogP contribution in [0.5, 0.6) is 0 Å². The first kappa shape index (κ1) is 9.79. The number of nitriles is 1. The Bertz CT molecular complexity index is 599. The van der Waals surface area contributed by atoms with E-state index in [1.54, 1.807) is 0 Å². The van der Waals surface area contributed by atoms with Gasteiger partial charge in [0.05, 0.1) is 0 Å². The van der Waals surface area contributed by atoms with Crippen LogP contribution >= 0.6 is 0 Å². The number of nitro benzene ring substituents is 1. The molecule has 0 saturated carbocycles. The third-order valence-electron chi connectivity index (χ3n) is 1.80. The molecule has 0 saturated heterocycles. The van der Waals surface area contributed by atoms with Gasteiger partial charge in [-0.25, -0.2) is 0 Å². The first-order chi connectivity index (χ1) is 7.13. The Morgan fingerprint density at radius 3 is 2.93 bits per heavy atom. The van der Waals surface area contributed by atoms with Crippen LogP contribution in [-0.2, 0) is 21.3 Å². The van der Waals surface area contributed by atoms with E-state index in [4.69, 9.17) is 5.26 Å². The van der Waals surface area contributed by atoms with Crippen molar-refractivity contribution in [3.63, 3.8) is 0 Å². The van der Waals surface area contributed by atoms with E-state index in [1.807, 2.05) is 6.07 Å². The van der Waals surface area contributed by atoms with E-state index in [0.717, 1.165) is 0 Å². The summed E-state index contributed by atoms with van der Waals surface area (Å²) in [5, 5.41) is 26.7. The molecule has 0 atom stereocenters. The van der Waals surface area contributed by atoms with Crippen LogP contribution in [0.2, 0.25) is 0 Å². The average Bonchev–Trinajstić information content (AvgIpc) is 2.59. The summed E-state index contributed by atoms with van der Waals surface area (Å²) in [5.74, 6) is 0. The molecule has 8 heteroatoms. The van der Waals surface area contributed by atoms with Gasteiger partial charge >= 0.3 is 95.5 Å². The fourth-order valence-electron chi connectivity index (χ4n) is 1.18. The van der Waals surface area contributed by atoms with E-state index < -0.39 is 4.92 Å². The molecule has 1 aromatic heterocycles. The van der Waals surface area contributed by atoms with Crippen molar-refractivity contribution in [1.82, 2.24) is 13.4 Å². The van der Waals surface area contributed by atoms with E-state index in [9.17, 15) is 10.1 Å². The zero-order chi connectivity index (χ0) is 11.0. The molecule has 2 rings (SSSR count). The van der Waals surface area contributed by atoms with Gasteiger partial charge in [-0.3, -0.25) is 0 Å². The molecular weight excluding hydrogens is 294 g/mol. The zero-order valence-electron chi connectivity index (χ0n) is 7.01. The third kappa shape index (κ3) is 1.50. The predicted octanol–water partition coefficient (Wildman–Crippen LogP) is 0.521. The Hall–Kier alpha value is -1.75. The third-order valence-corrected chi connectivity index (χ3v) is 2.26. The molecule has 0 amide bonds. The van der Waals surface area contributed by atoms with Crippen molar-refractivity contribution < 1.29 is 26.3 Å². The van der Waals surface area contributed by atoms with Crippen LogP contribution in [0, 0.1) is 21.4 Å². The molecule has 7 nitrogen and oxygen atoms in total. The van der Waals surface area contributed by atoms with Gasteiger partial charge in [-0.05, 0) is 0 Å². The number of benzene rings is 1. The van der Waals surface area contributed by atoms with Gasteiger partial charge in [0.2, 0.25) is 0 Å². The zero-order valence-corrected chi connectivity index (χ0v) is 8.49. The Balaban J connectivity index is 2.86. The molecule has 0 radical (unpaired) electrons. The summed E-state index contributed by atoms with van der Waals surface area (Å²) in [6.45, 7) is 0. The number of hydrogen-bond donors (Lipinski definition) is 0. The Labute approximate surface area is 95.7 Å². The maximum absolute atomic E-state index is 10.5. The van der Waals surface area contributed by atoms with Gasteiger partial charge in [-0.1, -0.05) is 0 Å². The molecule has 0 N–H and O–H groups in total. The maximum atomic E-state index is 10.5. The second-order valence-electron chi connectivity index (χ2n) is 2.65. The summed E-state index contributed by atoms with van der Waals surface area (Å²) in [6, 6.07) is 4.30. The first-order valence-electron chi connectivity index (χ1n) is 3.70. The number of fused-ring (bicyclic) bond motifs is 1. The monoisotopic (exact) mass is 295 g/mol. The van der Waals surface area contributed by atoms with Crippen molar-refractivity contribution >= 4 is 16.7 Å². The van der Waals surface area contributed by atoms with Crippen molar-refractivity contribution in [2.45, 2.75) is 0 Å². The van der Waals surface area contributed by atoms with Crippen LogP contribution in [0.4, 0.5) is 5.69 Å². The minimum atomic E-state index is -0.576. The summed E-state index contributed by atoms with van der Waals surface area (Å²) < 4.78 is 1.22. The molecule has 78 valence electrons. The van der Waals surface area contributed by atoms with Crippen molar-refractivity contribution in [3.8, 4) is 6.07 Å². The summed E-state index contributed by atoms with van der Waals surface area (Å²) in [7, 11) is 0. The molecule has 0 bridgehead atoms. The van der Waals surface area contributed by atoms with Crippen molar-refractivity contribution in [1.29, 1.82) is 5.26 Å². The molecule has 1 heterocycles. The van der Waals surface area contributed by atoms with Crippen LogP contribution < -0.4 is 0 Å². The molecule has 15 heavy (non-hydrogen) atoms. The van der Waals surface area contributed by atoms with Crippen molar-refractivity contribution in [2.24, 2.45) is 0 Å². The Kier molecular flexibility index (Phi) is 2.24. The van der Waals surface area contributed by atoms with E-state index in [1.165, 1.54) is 15.2 Å². The molecule has 0 fully saturated rings. The molecular formula is C7H2AgN5O2.